The largest absolute Gasteiger partial charge is 0.457 e. The lowest BCUT2D eigenvalue weighted by Gasteiger charge is -2.28. The molecule has 1 aliphatic rings. The van der Waals surface area contributed by atoms with Crippen LogP contribution < -0.4 is 0 Å². The molecule has 0 spiro atoms. The predicted octanol–water partition coefficient (Wildman–Crippen LogP) is 4.10. The van der Waals surface area contributed by atoms with Gasteiger partial charge < -0.3 is 4.74 Å². The molecule has 0 atom stereocenters. The first-order valence-electron chi connectivity index (χ1n) is 9.83. The molecule has 0 radical (unpaired) electrons. The molecule has 0 fully saturated rings. The summed E-state index contributed by atoms with van der Waals surface area (Å²) in [4.78, 5) is 12.5. The van der Waals surface area contributed by atoms with E-state index < -0.39 is 16.0 Å². The minimum atomic E-state index is -3.63. The van der Waals surface area contributed by atoms with Gasteiger partial charge in [0.15, 0.2) is 0 Å². The maximum Gasteiger partial charge on any atom is 0.338 e. The second-order valence-corrected chi connectivity index (χ2v) is 9.38. The lowest BCUT2D eigenvalue weighted by atomic mass is 10.0. The predicted molar refractivity (Wildman–Crippen MR) is 114 cm³/mol. The Labute approximate surface area is 177 Å². The van der Waals surface area contributed by atoms with Crippen LogP contribution in [0.2, 0.25) is 0 Å². The van der Waals surface area contributed by atoms with E-state index in [0.717, 1.165) is 16.7 Å². The smallest absolute Gasteiger partial charge is 0.338 e. The Bertz CT molecular complexity index is 1150. The summed E-state index contributed by atoms with van der Waals surface area (Å²) in [5.74, 6) is -0.480. The second-order valence-electron chi connectivity index (χ2n) is 7.44. The third kappa shape index (κ3) is 4.30. The molecule has 1 aliphatic heterocycles. The molecule has 0 aromatic heterocycles. The first-order valence-corrected chi connectivity index (χ1v) is 11.3. The Morgan fingerprint density at radius 1 is 0.933 bits per heavy atom. The highest BCUT2D eigenvalue weighted by Gasteiger charge is 2.28. The molecule has 4 rings (SSSR count). The minimum Gasteiger partial charge on any atom is -0.457 e. The van der Waals surface area contributed by atoms with E-state index in [2.05, 4.69) is 0 Å². The molecule has 30 heavy (non-hydrogen) atoms. The third-order valence-electron chi connectivity index (χ3n) is 5.31. The highest BCUT2D eigenvalue weighted by atomic mass is 32.2. The van der Waals surface area contributed by atoms with E-state index in [9.17, 15) is 13.2 Å². The maximum absolute atomic E-state index is 13.0. The van der Waals surface area contributed by atoms with Crippen LogP contribution in [-0.4, -0.2) is 25.2 Å². The van der Waals surface area contributed by atoms with Crippen molar-refractivity contribution in [2.75, 3.05) is 6.54 Å². The number of esters is 1. The van der Waals surface area contributed by atoms with Crippen molar-refractivity contribution in [3.63, 3.8) is 0 Å². The second kappa shape index (κ2) is 8.42. The van der Waals surface area contributed by atoms with Gasteiger partial charge in [0.2, 0.25) is 10.0 Å². The maximum atomic E-state index is 13.0. The number of sulfonamides is 1. The number of rotatable bonds is 5. The van der Waals surface area contributed by atoms with E-state index in [1.54, 1.807) is 0 Å². The Morgan fingerprint density at radius 3 is 2.30 bits per heavy atom. The normalized spacial score (nSPS) is 14.2. The Kier molecular flexibility index (Phi) is 5.70. The molecular formula is C24H23NO4S. The van der Waals surface area contributed by atoms with Gasteiger partial charge >= 0.3 is 5.97 Å². The standard InChI is InChI=1S/C24H23NO4S/c1-18-6-8-19(9-7-18)17-29-24(26)21-10-12-23(13-11-21)30(27,28)25-15-14-20-4-2-3-5-22(20)16-25/h2-13H,14-17H2,1H3. The van der Waals surface area contributed by atoms with Crippen LogP contribution >= 0.6 is 0 Å². The van der Waals surface area contributed by atoms with Crippen LogP contribution in [0, 0.1) is 6.92 Å². The van der Waals surface area contributed by atoms with Gasteiger partial charge in [0.1, 0.15) is 6.61 Å². The van der Waals surface area contributed by atoms with Crippen LogP contribution in [0.1, 0.15) is 32.6 Å². The Morgan fingerprint density at radius 2 is 1.60 bits per heavy atom. The molecule has 3 aromatic rings. The molecule has 0 amide bonds. The molecular weight excluding hydrogens is 398 g/mol. The number of aryl methyl sites for hydroxylation is 1. The number of hydrogen-bond donors (Lipinski definition) is 0. The molecule has 154 valence electrons. The number of carbonyl (C=O) groups excluding carboxylic acids is 1. The lowest BCUT2D eigenvalue weighted by molar-refractivity contribution is 0.0472. The minimum absolute atomic E-state index is 0.173. The quantitative estimate of drug-likeness (QED) is 0.582. The van der Waals surface area contributed by atoms with Crippen molar-refractivity contribution in [2.24, 2.45) is 0 Å². The van der Waals surface area contributed by atoms with Crippen molar-refractivity contribution in [1.82, 2.24) is 4.31 Å². The topological polar surface area (TPSA) is 63.7 Å². The summed E-state index contributed by atoms with van der Waals surface area (Å²) in [6.45, 7) is 2.97. The van der Waals surface area contributed by atoms with Crippen molar-refractivity contribution < 1.29 is 17.9 Å². The van der Waals surface area contributed by atoms with Crippen LogP contribution in [0.25, 0.3) is 0 Å². The summed E-state index contributed by atoms with van der Waals surface area (Å²) in [6.07, 6.45) is 0.693. The van der Waals surface area contributed by atoms with Crippen molar-refractivity contribution in [1.29, 1.82) is 0 Å². The fourth-order valence-electron chi connectivity index (χ4n) is 3.50. The highest BCUT2D eigenvalue weighted by Crippen LogP contribution is 2.25. The number of benzene rings is 3. The Balaban J connectivity index is 1.43. The van der Waals surface area contributed by atoms with Crippen LogP contribution in [-0.2, 0) is 34.3 Å². The molecule has 5 nitrogen and oxygen atoms in total. The molecule has 0 unspecified atom stereocenters. The van der Waals surface area contributed by atoms with Gasteiger partial charge in [-0.3, -0.25) is 0 Å². The van der Waals surface area contributed by atoms with Gasteiger partial charge in [-0.1, -0.05) is 54.1 Å². The number of hydrogen-bond acceptors (Lipinski definition) is 4. The average molecular weight is 422 g/mol. The third-order valence-corrected chi connectivity index (χ3v) is 7.17. The molecule has 0 bridgehead atoms. The van der Waals surface area contributed by atoms with Gasteiger partial charge in [0.05, 0.1) is 10.5 Å². The Hall–Kier alpha value is -2.96. The van der Waals surface area contributed by atoms with E-state index in [1.807, 2.05) is 55.5 Å². The summed E-state index contributed by atoms with van der Waals surface area (Å²) in [6, 6.07) is 21.6. The summed E-state index contributed by atoms with van der Waals surface area (Å²) in [5.41, 5.74) is 4.59. The van der Waals surface area contributed by atoms with Crippen LogP contribution in [0.3, 0.4) is 0 Å². The first-order chi connectivity index (χ1) is 14.4. The molecule has 0 saturated heterocycles. The monoisotopic (exact) mass is 421 g/mol. The summed E-state index contributed by atoms with van der Waals surface area (Å²) < 4.78 is 32.9. The van der Waals surface area contributed by atoms with Crippen LogP contribution in [0.4, 0.5) is 0 Å². The molecule has 0 saturated carbocycles. The van der Waals surface area contributed by atoms with E-state index in [-0.39, 0.29) is 11.5 Å². The number of fused-ring (bicyclic) bond motifs is 1. The van der Waals surface area contributed by atoms with Crippen molar-refractivity contribution in [3.05, 3.63) is 101 Å². The zero-order chi connectivity index (χ0) is 21.1. The van der Waals surface area contributed by atoms with Crippen molar-refractivity contribution >= 4 is 16.0 Å². The zero-order valence-electron chi connectivity index (χ0n) is 16.7. The van der Waals surface area contributed by atoms with E-state index in [1.165, 1.54) is 34.1 Å². The van der Waals surface area contributed by atoms with E-state index >= 15 is 0 Å². The first kappa shape index (κ1) is 20.3. The van der Waals surface area contributed by atoms with Gasteiger partial charge in [0, 0.05) is 13.1 Å². The number of carbonyl (C=O) groups is 1. The fourth-order valence-corrected chi connectivity index (χ4v) is 4.92. The molecule has 3 aromatic carbocycles. The molecule has 1 heterocycles. The van der Waals surface area contributed by atoms with Gasteiger partial charge in [-0.05, 0) is 54.3 Å². The average Bonchev–Trinajstić information content (AvgIpc) is 2.78. The van der Waals surface area contributed by atoms with E-state index in [4.69, 9.17) is 4.74 Å². The zero-order valence-corrected chi connectivity index (χ0v) is 17.6. The number of ether oxygens (including phenoxy) is 1. The van der Waals surface area contributed by atoms with Gasteiger partial charge in [-0.25, -0.2) is 13.2 Å². The lowest BCUT2D eigenvalue weighted by Crippen LogP contribution is -2.35. The molecule has 6 heteroatoms. The fraction of sp³-hybridized carbons (Fsp3) is 0.208. The van der Waals surface area contributed by atoms with Crippen molar-refractivity contribution in [2.45, 2.75) is 31.4 Å². The summed E-state index contributed by atoms with van der Waals surface area (Å²) in [5, 5.41) is 0. The van der Waals surface area contributed by atoms with Crippen LogP contribution in [0.5, 0.6) is 0 Å². The van der Waals surface area contributed by atoms with Gasteiger partial charge in [-0.2, -0.15) is 4.31 Å². The van der Waals surface area contributed by atoms with Crippen LogP contribution in [0.15, 0.2) is 77.7 Å². The molecule has 0 N–H and O–H groups in total. The molecule has 0 aliphatic carbocycles. The van der Waals surface area contributed by atoms with Gasteiger partial charge in [-0.15, -0.1) is 0 Å². The van der Waals surface area contributed by atoms with E-state index in [0.29, 0.717) is 25.1 Å². The van der Waals surface area contributed by atoms with Gasteiger partial charge in [0.25, 0.3) is 0 Å². The SMILES string of the molecule is Cc1ccc(COC(=O)c2ccc(S(=O)(=O)N3CCc4ccccc4C3)cc2)cc1. The summed E-state index contributed by atoms with van der Waals surface area (Å²) in [7, 11) is -3.63. The van der Waals surface area contributed by atoms with Crippen molar-refractivity contribution in [3.8, 4) is 0 Å². The number of nitrogens with zero attached hydrogens (tertiary/aromatic N) is 1. The summed E-state index contributed by atoms with van der Waals surface area (Å²) >= 11 is 0. The highest BCUT2D eigenvalue weighted by molar-refractivity contribution is 7.89.